The second kappa shape index (κ2) is 5.72. The Hall–Kier alpha value is -3.48. The predicted molar refractivity (Wildman–Crippen MR) is 82.4 cm³/mol. The average Bonchev–Trinajstić information content (AvgIpc) is 2.96. The number of nitrogens with two attached hydrogens (primary N) is 1. The Kier molecular flexibility index (Phi) is 3.60. The summed E-state index contributed by atoms with van der Waals surface area (Å²) in [6, 6.07) is 10.5. The normalized spacial score (nSPS) is 10.4. The fourth-order valence-corrected chi connectivity index (χ4v) is 2.09. The minimum Gasteiger partial charge on any atom is -0.508 e. The number of nitrogens with zero attached hydrogens (tertiary/aromatic N) is 1. The summed E-state index contributed by atoms with van der Waals surface area (Å²) in [5.41, 5.74) is 6.46. The van der Waals surface area contributed by atoms with Crippen molar-refractivity contribution < 1.29 is 19.7 Å². The van der Waals surface area contributed by atoms with Crippen molar-refractivity contribution in [1.29, 1.82) is 0 Å². The molecule has 0 aliphatic rings. The summed E-state index contributed by atoms with van der Waals surface area (Å²) >= 11 is 0. The summed E-state index contributed by atoms with van der Waals surface area (Å²) in [5.74, 6) is 0.196. The van der Waals surface area contributed by atoms with E-state index >= 15 is 0 Å². The average molecular weight is 311 g/mol. The van der Waals surface area contributed by atoms with Gasteiger partial charge in [-0.25, -0.2) is 0 Å². The number of carbonyl (C=O) groups excluding carboxylic acids is 1. The van der Waals surface area contributed by atoms with Crippen LogP contribution in [0.4, 0.5) is 0 Å². The molecule has 0 spiro atoms. The zero-order valence-electron chi connectivity index (χ0n) is 11.9. The van der Waals surface area contributed by atoms with Crippen molar-refractivity contribution in [2.24, 2.45) is 5.73 Å². The van der Waals surface area contributed by atoms with Crippen LogP contribution in [0.3, 0.4) is 0 Å². The predicted octanol–water partition coefficient (Wildman–Crippen LogP) is 2.38. The maximum Gasteiger partial charge on any atom is 0.248 e. The molecule has 0 unspecified atom stereocenters. The maximum atomic E-state index is 11.1. The number of nitrogens with one attached hydrogen (secondary N) is 1. The van der Waals surface area contributed by atoms with E-state index in [1.165, 1.54) is 18.3 Å². The van der Waals surface area contributed by atoms with Crippen molar-refractivity contribution in [3.63, 3.8) is 0 Å². The molecule has 116 valence electrons. The molecular weight excluding hydrogens is 298 g/mol. The highest BCUT2D eigenvalue weighted by molar-refractivity contribution is 5.92. The molecule has 2 aromatic carbocycles. The highest BCUT2D eigenvalue weighted by Crippen LogP contribution is 2.37. The molecular formula is C16H13N3O4. The Morgan fingerprint density at radius 2 is 1.87 bits per heavy atom. The number of hydrogen-bond donors (Lipinski definition) is 4. The number of benzene rings is 2. The highest BCUT2D eigenvalue weighted by atomic mass is 16.5. The third-order valence-electron chi connectivity index (χ3n) is 3.22. The van der Waals surface area contributed by atoms with Crippen LogP contribution in [-0.2, 0) is 0 Å². The van der Waals surface area contributed by atoms with Gasteiger partial charge in [0, 0.05) is 17.2 Å². The number of aromatic amines is 1. The lowest BCUT2D eigenvalue weighted by atomic mass is 10.1. The molecule has 1 amide bonds. The van der Waals surface area contributed by atoms with Crippen molar-refractivity contribution >= 4 is 5.91 Å². The largest absolute Gasteiger partial charge is 0.508 e. The van der Waals surface area contributed by atoms with Gasteiger partial charge >= 0.3 is 0 Å². The number of phenols is 2. The molecule has 0 aliphatic carbocycles. The number of amides is 1. The van der Waals surface area contributed by atoms with Crippen molar-refractivity contribution in [3.8, 4) is 34.3 Å². The van der Waals surface area contributed by atoms with Crippen LogP contribution in [0.1, 0.15) is 10.4 Å². The summed E-state index contributed by atoms with van der Waals surface area (Å²) in [6.45, 7) is 0. The lowest BCUT2D eigenvalue weighted by molar-refractivity contribution is 0.100. The van der Waals surface area contributed by atoms with E-state index < -0.39 is 5.91 Å². The first kappa shape index (κ1) is 14.5. The summed E-state index contributed by atoms with van der Waals surface area (Å²) in [5, 5.41) is 25.9. The second-order valence-corrected chi connectivity index (χ2v) is 4.80. The SMILES string of the molecule is NC(=O)c1ccc(Oc2cn[nH]c2-c2ccc(O)cc2O)cc1. The molecule has 0 fully saturated rings. The molecule has 3 aromatic rings. The van der Waals surface area contributed by atoms with Crippen LogP contribution >= 0.6 is 0 Å². The standard InChI is InChI=1S/C16H13N3O4/c17-16(22)9-1-4-11(5-2-9)23-14-8-18-19-15(14)12-6-3-10(20)7-13(12)21/h1-8,20-21H,(H2,17,22)(H,18,19). The molecule has 7 heteroatoms. The smallest absolute Gasteiger partial charge is 0.248 e. The number of phenolic OH excluding ortho intramolecular Hbond substituents is 2. The molecule has 0 atom stereocenters. The van der Waals surface area contributed by atoms with E-state index in [2.05, 4.69) is 10.2 Å². The number of aromatic hydroxyl groups is 2. The molecule has 0 saturated heterocycles. The number of ether oxygens (including phenoxy) is 1. The molecule has 0 bridgehead atoms. The van der Waals surface area contributed by atoms with Gasteiger partial charge in [-0.15, -0.1) is 0 Å². The van der Waals surface area contributed by atoms with E-state index in [1.807, 2.05) is 0 Å². The Balaban J connectivity index is 1.90. The minimum atomic E-state index is -0.519. The van der Waals surface area contributed by atoms with Gasteiger partial charge in [0.25, 0.3) is 0 Å². The van der Waals surface area contributed by atoms with Crippen LogP contribution in [-0.4, -0.2) is 26.3 Å². The third-order valence-corrected chi connectivity index (χ3v) is 3.22. The summed E-state index contributed by atoms with van der Waals surface area (Å²) < 4.78 is 5.70. The van der Waals surface area contributed by atoms with E-state index in [-0.39, 0.29) is 11.5 Å². The lowest BCUT2D eigenvalue weighted by Crippen LogP contribution is -2.10. The fraction of sp³-hybridized carbons (Fsp3) is 0. The molecule has 5 N–H and O–H groups in total. The highest BCUT2D eigenvalue weighted by Gasteiger charge is 2.14. The van der Waals surface area contributed by atoms with E-state index in [4.69, 9.17) is 10.5 Å². The number of rotatable bonds is 4. The first-order chi connectivity index (χ1) is 11.0. The van der Waals surface area contributed by atoms with Gasteiger partial charge in [-0.3, -0.25) is 9.89 Å². The van der Waals surface area contributed by atoms with E-state index in [0.29, 0.717) is 28.3 Å². The van der Waals surface area contributed by atoms with Gasteiger partial charge in [-0.1, -0.05) is 0 Å². The Morgan fingerprint density at radius 1 is 1.13 bits per heavy atom. The van der Waals surface area contributed by atoms with E-state index in [9.17, 15) is 15.0 Å². The Bertz CT molecular complexity index is 856. The quantitative estimate of drug-likeness (QED) is 0.589. The zero-order valence-corrected chi connectivity index (χ0v) is 11.9. The minimum absolute atomic E-state index is 0.0460. The molecule has 0 saturated carbocycles. The van der Waals surface area contributed by atoms with Gasteiger partial charge in [0.15, 0.2) is 5.75 Å². The molecule has 0 aliphatic heterocycles. The monoisotopic (exact) mass is 311 g/mol. The molecule has 23 heavy (non-hydrogen) atoms. The van der Waals surface area contributed by atoms with Gasteiger partial charge in [-0.2, -0.15) is 5.10 Å². The Morgan fingerprint density at radius 3 is 2.52 bits per heavy atom. The molecule has 3 rings (SSSR count). The van der Waals surface area contributed by atoms with Crippen molar-refractivity contribution in [1.82, 2.24) is 10.2 Å². The van der Waals surface area contributed by atoms with Crippen molar-refractivity contribution in [2.45, 2.75) is 0 Å². The van der Waals surface area contributed by atoms with Crippen molar-refractivity contribution in [3.05, 3.63) is 54.2 Å². The summed E-state index contributed by atoms with van der Waals surface area (Å²) in [6.07, 6.45) is 1.46. The summed E-state index contributed by atoms with van der Waals surface area (Å²) in [4.78, 5) is 11.1. The number of aromatic nitrogens is 2. The zero-order chi connectivity index (χ0) is 16.4. The van der Waals surface area contributed by atoms with Gasteiger partial charge in [-0.05, 0) is 36.4 Å². The van der Waals surface area contributed by atoms with Gasteiger partial charge in [0.05, 0.1) is 6.20 Å². The van der Waals surface area contributed by atoms with Gasteiger partial charge in [0.1, 0.15) is 22.9 Å². The molecule has 7 nitrogen and oxygen atoms in total. The second-order valence-electron chi connectivity index (χ2n) is 4.80. The van der Waals surface area contributed by atoms with Crippen LogP contribution < -0.4 is 10.5 Å². The number of H-pyrrole nitrogens is 1. The number of primary amides is 1. The topological polar surface area (TPSA) is 121 Å². The van der Waals surface area contributed by atoms with Crippen LogP contribution in [0, 0.1) is 0 Å². The maximum absolute atomic E-state index is 11.1. The van der Waals surface area contributed by atoms with Gasteiger partial charge < -0.3 is 20.7 Å². The van der Waals surface area contributed by atoms with Crippen molar-refractivity contribution in [2.75, 3.05) is 0 Å². The summed E-state index contributed by atoms with van der Waals surface area (Å²) in [7, 11) is 0. The lowest BCUT2D eigenvalue weighted by Gasteiger charge is -2.08. The first-order valence-electron chi connectivity index (χ1n) is 6.68. The van der Waals surface area contributed by atoms with E-state index in [1.54, 1.807) is 30.3 Å². The number of carbonyl (C=O) groups is 1. The molecule has 0 radical (unpaired) electrons. The number of hydrogen-bond acceptors (Lipinski definition) is 5. The van der Waals surface area contributed by atoms with E-state index in [0.717, 1.165) is 0 Å². The van der Waals surface area contributed by atoms with Crippen LogP contribution in [0.5, 0.6) is 23.0 Å². The van der Waals surface area contributed by atoms with Gasteiger partial charge in [0.2, 0.25) is 5.91 Å². The van der Waals surface area contributed by atoms with Crippen LogP contribution in [0.25, 0.3) is 11.3 Å². The fourth-order valence-electron chi connectivity index (χ4n) is 2.09. The molecule has 1 aromatic heterocycles. The van der Waals surface area contributed by atoms with Crippen LogP contribution in [0.2, 0.25) is 0 Å². The molecule has 1 heterocycles. The van der Waals surface area contributed by atoms with Crippen LogP contribution in [0.15, 0.2) is 48.7 Å². The third kappa shape index (κ3) is 2.93. The first-order valence-corrected chi connectivity index (χ1v) is 6.68. The Labute approximate surface area is 131 Å².